The van der Waals surface area contributed by atoms with Crippen LogP contribution in [0.3, 0.4) is 0 Å². The second-order valence-corrected chi connectivity index (χ2v) is 15.8. The van der Waals surface area contributed by atoms with Gasteiger partial charge in [0, 0.05) is 49.1 Å². The number of hydrogen-bond donors (Lipinski definition) is 0. The number of furan rings is 1. The van der Waals surface area contributed by atoms with Gasteiger partial charge in [-0.1, -0.05) is 114 Å². The molecule has 4 aromatic heterocycles. The Balaban J connectivity index is 1.11. The van der Waals surface area contributed by atoms with Gasteiger partial charge in [-0.05, 0) is 48.5 Å². The summed E-state index contributed by atoms with van der Waals surface area (Å²) in [6.45, 7) is 0. The molecule has 0 bridgehead atoms. The first-order chi connectivity index (χ1) is 31.3. The quantitative estimate of drug-likeness (QED) is 0.179. The third-order valence-corrected chi connectivity index (χ3v) is 12.3. The highest BCUT2D eigenvalue weighted by atomic mass is 16.3. The molecule has 0 saturated heterocycles. The summed E-state index contributed by atoms with van der Waals surface area (Å²) in [6, 6.07) is 52.3. The molecule has 0 unspecified atom stereocenters. The number of para-hydroxylation sites is 4. The molecule has 0 atom stereocenters. The fraction of sp³-hybridized carbons (Fsp3) is 0. The summed E-state index contributed by atoms with van der Waals surface area (Å²) in [5, 5.41) is 16.9. The first-order valence-electron chi connectivity index (χ1n) is 20.5. The predicted octanol–water partition coefficient (Wildman–Crippen LogP) is 6.81. The number of fused-ring (bicyclic) bond motifs is 10. The summed E-state index contributed by atoms with van der Waals surface area (Å²) in [5.41, 5.74) is 9.53. The van der Waals surface area contributed by atoms with Crippen LogP contribution >= 0.6 is 0 Å². The van der Waals surface area contributed by atoms with Gasteiger partial charge in [-0.3, -0.25) is 0 Å². The van der Waals surface area contributed by atoms with Gasteiger partial charge in [-0.2, -0.15) is 5.26 Å². The fourth-order valence-corrected chi connectivity index (χ4v) is 9.30. The second kappa shape index (κ2) is 14.3. The van der Waals surface area contributed by atoms with Gasteiger partial charge < -0.3 is 13.6 Å². The molecular weight excluding hydrogens is 779 g/mol. The number of nitrogens with zero attached hydrogens (tertiary/aromatic N) is 6. The summed E-state index contributed by atoms with van der Waals surface area (Å²) in [5.74, 6) is 1.34. The van der Waals surface area contributed by atoms with E-state index in [2.05, 4.69) is 41.0 Å². The Labute approximate surface area is 373 Å². The second-order valence-electron chi connectivity index (χ2n) is 15.8. The third kappa shape index (κ3) is 5.44. The van der Waals surface area contributed by atoms with Crippen LogP contribution in [0.25, 0.3) is 111 Å². The zero-order valence-electron chi connectivity index (χ0n) is 33.9. The van der Waals surface area contributed by atoms with Crippen LogP contribution in [0.4, 0.5) is 0 Å². The van der Waals surface area contributed by atoms with Crippen molar-refractivity contribution in [1.82, 2.24) is 24.1 Å². The Morgan fingerprint density at radius 2 is 1.08 bits per heavy atom. The van der Waals surface area contributed by atoms with Crippen molar-refractivity contribution in [2.45, 2.75) is 0 Å². The van der Waals surface area contributed by atoms with E-state index in [0.29, 0.717) is 45.6 Å². The lowest BCUT2D eigenvalue weighted by atomic mass is 9.61. The van der Waals surface area contributed by atoms with E-state index in [-0.39, 0.29) is 27.3 Å². The third-order valence-electron chi connectivity index (χ3n) is 12.3. The maximum absolute atomic E-state index is 11.1. The average molecular weight is 804 g/mol. The van der Waals surface area contributed by atoms with Gasteiger partial charge in [-0.15, -0.1) is 16.4 Å². The number of benzene rings is 8. The van der Waals surface area contributed by atoms with Gasteiger partial charge in [-0.25, -0.2) is 15.0 Å². The van der Waals surface area contributed by atoms with Gasteiger partial charge in [0.1, 0.15) is 56.5 Å². The lowest BCUT2D eigenvalue weighted by molar-refractivity contribution is 0.669. The van der Waals surface area contributed by atoms with Gasteiger partial charge in [0.15, 0.2) is 17.5 Å². The van der Waals surface area contributed by atoms with Crippen LogP contribution in [0, 0.1) is 11.3 Å². The van der Waals surface area contributed by atoms with Gasteiger partial charge in [0.2, 0.25) is 0 Å². The maximum Gasteiger partial charge on any atom is 0.167 e. The van der Waals surface area contributed by atoms with Gasteiger partial charge >= 0.3 is 0 Å². The van der Waals surface area contributed by atoms with Crippen molar-refractivity contribution >= 4 is 132 Å². The molecule has 64 heavy (non-hydrogen) atoms. The van der Waals surface area contributed by atoms with E-state index in [0.717, 1.165) is 71.1 Å². The molecule has 12 heteroatoms. The average Bonchev–Trinajstić information content (AvgIpc) is 4.01. The molecule has 0 aliphatic carbocycles. The predicted molar refractivity (Wildman–Crippen MR) is 264 cm³/mol. The topological polar surface area (TPSA) is 85.5 Å². The highest BCUT2D eigenvalue weighted by Crippen LogP contribution is 2.43. The number of nitriles is 1. The number of aromatic nitrogens is 5. The van der Waals surface area contributed by atoms with E-state index < -0.39 is 0 Å². The highest BCUT2D eigenvalue weighted by Gasteiger charge is 2.25. The summed E-state index contributed by atoms with van der Waals surface area (Å²) >= 11 is 0. The number of rotatable bonds is 5. The van der Waals surface area contributed by atoms with E-state index in [4.69, 9.17) is 58.6 Å². The summed E-state index contributed by atoms with van der Waals surface area (Å²) in [7, 11) is 32.6. The molecule has 7 nitrogen and oxygen atoms in total. The minimum absolute atomic E-state index is 0.141. The zero-order valence-corrected chi connectivity index (χ0v) is 33.9. The molecule has 0 amide bonds. The minimum Gasteiger partial charge on any atom is -0.455 e. The van der Waals surface area contributed by atoms with Crippen molar-refractivity contribution in [3.05, 3.63) is 157 Å². The van der Waals surface area contributed by atoms with Crippen molar-refractivity contribution in [2.75, 3.05) is 0 Å². The summed E-state index contributed by atoms with van der Waals surface area (Å²) in [4.78, 5) is 15.1. The Kier molecular flexibility index (Phi) is 8.41. The molecule has 8 aromatic carbocycles. The lowest BCUT2D eigenvalue weighted by Crippen LogP contribution is -2.56. The van der Waals surface area contributed by atoms with Gasteiger partial charge in [0.25, 0.3) is 0 Å². The lowest BCUT2D eigenvalue weighted by Gasteiger charge is -2.23. The minimum atomic E-state index is 0.141. The molecule has 12 aromatic rings. The van der Waals surface area contributed by atoms with Gasteiger partial charge in [0.05, 0.1) is 38.9 Å². The van der Waals surface area contributed by atoms with Crippen molar-refractivity contribution in [2.24, 2.45) is 0 Å². The van der Waals surface area contributed by atoms with E-state index >= 15 is 0 Å². The molecule has 284 valence electrons. The molecule has 4 heterocycles. The smallest absolute Gasteiger partial charge is 0.167 e. The van der Waals surface area contributed by atoms with Crippen LogP contribution in [0.2, 0.25) is 0 Å². The first-order valence-corrected chi connectivity index (χ1v) is 20.5. The Morgan fingerprint density at radius 3 is 1.83 bits per heavy atom. The van der Waals surface area contributed by atoms with Crippen molar-refractivity contribution in [3.63, 3.8) is 0 Å². The Bertz CT molecular complexity index is 3970. The normalized spacial score (nSPS) is 11.7. The molecule has 0 N–H and O–H groups in total. The molecule has 0 fully saturated rings. The molecule has 0 spiro atoms. The van der Waals surface area contributed by atoms with Crippen LogP contribution in [0.1, 0.15) is 5.56 Å². The summed E-state index contributed by atoms with van der Waals surface area (Å²) in [6.07, 6.45) is 0. The molecule has 0 aliphatic rings. The van der Waals surface area contributed by atoms with E-state index in [1.165, 1.54) is 0 Å². The van der Waals surface area contributed by atoms with E-state index in [1.54, 1.807) is 0 Å². The number of hydrogen-bond acceptors (Lipinski definition) is 5. The van der Waals surface area contributed by atoms with Crippen molar-refractivity contribution in [1.29, 1.82) is 5.26 Å². The SMILES string of the molecule is [B]c1c([B])c([B])c(-n2c3ccccc3c3c2ccc2c4ccccc4n(-c4ccc(-c5nc(-c6ccccc6)nc(-c6cccc7c6oc6ccccc67)n5)cc4C#N)c23)c([B])c1[B]. The van der Waals surface area contributed by atoms with Crippen LogP contribution in [0.15, 0.2) is 156 Å². The van der Waals surface area contributed by atoms with Crippen LogP contribution in [0.5, 0.6) is 0 Å². The van der Waals surface area contributed by atoms with E-state index in [9.17, 15) is 5.26 Å². The molecule has 0 saturated carbocycles. The van der Waals surface area contributed by atoms with Crippen LogP contribution < -0.4 is 27.3 Å². The molecular formula is C52H25B5N6O. The molecule has 10 radical (unpaired) electrons. The summed E-state index contributed by atoms with van der Waals surface area (Å²) < 4.78 is 10.6. The monoisotopic (exact) mass is 804 g/mol. The van der Waals surface area contributed by atoms with E-state index in [1.807, 2.05) is 126 Å². The Morgan fingerprint density at radius 1 is 0.469 bits per heavy atom. The standard InChI is InChI=1S/C52H25B5N6O/c53-42-43(54)45(56)48(46(57)44(42)55)63-38-19-8-5-15-34(38)41-39(63)24-22-32-30-13-4-7-18-37(30)62(47(32)41)36-23-21-28(25-29(36)26-58)51-59-50(27-11-2-1-3-12-27)60-52(61-51)35-17-10-16-33-31-14-6-9-20-40(31)64-49(33)35/h1-25H. The highest BCUT2D eigenvalue weighted by molar-refractivity contribution is 6.68. The molecule has 12 rings (SSSR count). The fourth-order valence-electron chi connectivity index (χ4n) is 9.30. The zero-order chi connectivity index (χ0) is 43.4. The van der Waals surface area contributed by atoms with Crippen molar-refractivity contribution in [3.8, 4) is 51.6 Å². The molecule has 0 aliphatic heterocycles. The van der Waals surface area contributed by atoms with Crippen LogP contribution in [-0.4, -0.2) is 63.3 Å². The first kappa shape index (κ1) is 37.7. The van der Waals surface area contributed by atoms with Crippen molar-refractivity contribution < 1.29 is 4.42 Å². The largest absolute Gasteiger partial charge is 0.455 e. The maximum atomic E-state index is 11.1. The Hall–Kier alpha value is -8.02. The van der Waals surface area contributed by atoms with Crippen LogP contribution in [-0.2, 0) is 0 Å².